The number of carbonyl (C=O) groups is 1. The van der Waals surface area contributed by atoms with Crippen molar-refractivity contribution in [3.8, 4) is 0 Å². The molecule has 4 nitrogen and oxygen atoms in total. The average Bonchev–Trinajstić information content (AvgIpc) is 2.81. The molecule has 0 fully saturated rings. The van der Waals surface area contributed by atoms with Crippen LogP contribution in [0.15, 0.2) is 24.5 Å². The number of hydrogen-bond donors (Lipinski definition) is 1. The number of pyridine rings is 1. The highest BCUT2D eigenvalue weighted by atomic mass is 32.1. The number of hydrogen-bond acceptors (Lipinski definition) is 4. The van der Waals surface area contributed by atoms with Gasteiger partial charge in [-0.1, -0.05) is 6.92 Å². The summed E-state index contributed by atoms with van der Waals surface area (Å²) in [7, 11) is 0. The Morgan fingerprint density at radius 1 is 1.40 bits per heavy atom. The molecule has 2 rings (SSSR count). The fourth-order valence-electron chi connectivity index (χ4n) is 1.98. The summed E-state index contributed by atoms with van der Waals surface area (Å²) in [6, 6.07) is 3.78. The molecule has 2 aromatic rings. The molecular weight excluding hydrogens is 270 g/mol. The third kappa shape index (κ3) is 3.42. The van der Waals surface area contributed by atoms with Gasteiger partial charge in [-0.3, -0.25) is 9.78 Å². The van der Waals surface area contributed by atoms with Crippen LogP contribution in [0.2, 0.25) is 0 Å². The van der Waals surface area contributed by atoms with E-state index >= 15 is 0 Å². The summed E-state index contributed by atoms with van der Waals surface area (Å²) in [4.78, 5) is 21.5. The molecule has 1 N–H and O–H groups in total. The average molecular weight is 289 g/mol. The number of thiazole rings is 1. The number of rotatable bonds is 5. The second-order valence-electron chi connectivity index (χ2n) is 4.75. The van der Waals surface area contributed by atoms with Crippen LogP contribution in [-0.4, -0.2) is 15.9 Å². The molecule has 5 heteroatoms. The third-order valence-electron chi connectivity index (χ3n) is 3.06. The smallest absolute Gasteiger partial charge is 0.263 e. The van der Waals surface area contributed by atoms with Crippen molar-refractivity contribution in [3.05, 3.63) is 45.7 Å². The van der Waals surface area contributed by atoms with E-state index in [-0.39, 0.29) is 11.9 Å². The maximum absolute atomic E-state index is 12.3. The van der Waals surface area contributed by atoms with Crippen LogP contribution >= 0.6 is 11.3 Å². The Bertz CT molecular complexity index is 580. The van der Waals surface area contributed by atoms with Crippen LogP contribution in [0.1, 0.15) is 52.2 Å². The highest BCUT2D eigenvalue weighted by Crippen LogP contribution is 2.20. The second kappa shape index (κ2) is 6.61. The zero-order chi connectivity index (χ0) is 14.5. The summed E-state index contributed by atoms with van der Waals surface area (Å²) in [5, 5.41) is 4.05. The fraction of sp³-hybridized carbons (Fsp3) is 0.400. The summed E-state index contributed by atoms with van der Waals surface area (Å²) >= 11 is 1.49. The summed E-state index contributed by atoms with van der Waals surface area (Å²) in [6.07, 6.45) is 5.44. The number of amides is 1. The standard InChI is InChI=1S/C15H19N3OS/c1-4-5-13-17-11(3)14(20-13)15(19)18-10(2)12-6-8-16-9-7-12/h6-10H,4-5H2,1-3H3,(H,18,19)/t10-/m0/s1. The molecule has 0 spiro atoms. The first-order valence-electron chi connectivity index (χ1n) is 6.79. The third-order valence-corrected chi connectivity index (χ3v) is 4.28. The monoisotopic (exact) mass is 289 g/mol. The molecule has 0 bridgehead atoms. The van der Waals surface area contributed by atoms with Gasteiger partial charge in [0.1, 0.15) is 4.88 Å². The predicted molar refractivity (Wildman–Crippen MR) is 81.0 cm³/mol. The van der Waals surface area contributed by atoms with E-state index in [4.69, 9.17) is 0 Å². The first-order chi connectivity index (χ1) is 9.61. The zero-order valence-electron chi connectivity index (χ0n) is 12.0. The van der Waals surface area contributed by atoms with Crippen LogP contribution in [0.5, 0.6) is 0 Å². The minimum absolute atomic E-state index is 0.0402. The van der Waals surface area contributed by atoms with Crippen molar-refractivity contribution in [2.24, 2.45) is 0 Å². The summed E-state index contributed by atoms with van der Waals surface area (Å²) in [6.45, 7) is 5.97. The van der Waals surface area contributed by atoms with Crippen molar-refractivity contribution in [3.63, 3.8) is 0 Å². The van der Waals surface area contributed by atoms with Gasteiger partial charge < -0.3 is 5.32 Å². The Labute approximate surface area is 123 Å². The van der Waals surface area contributed by atoms with Gasteiger partial charge in [-0.25, -0.2) is 4.98 Å². The van der Waals surface area contributed by atoms with Crippen LogP contribution in [0, 0.1) is 6.92 Å². The first kappa shape index (κ1) is 14.7. The molecule has 106 valence electrons. The summed E-state index contributed by atoms with van der Waals surface area (Å²) in [5.41, 5.74) is 1.86. The van der Waals surface area contributed by atoms with Gasteiger partial charge in [-0.15, -0.1) is 11.3 Å². The largest absolute Gasteiger partial charge is 0.345 e. The molecule has 0 saturated carbocycles. The molecule has 0 aliphatic rings. The van der Waals surface area contributed by atoms with Crippen molar-refractivity contribution >= 4 is 17.2 Å². The van der Waals surface area contributed by atoms with Crippen molar-refractivity contribution < 1.29 is 4.79 Å². The summed E-state index contributed by atoms with van der Waals surface area (Å²) < 4.78 is 0. The molecule has 0 radical (unpaired) electrons. The Morgan fingerprint density at radius 2 is 2.10 bits per heavy atom. The van der Waals surface area contributed by atoms with Gasteiger partial charge in [0, 0.05) is 12.4 Å². The topological polar surface area (TPSA) is 54.9 Å². The Morgan fingerprint density at radius 3 is 2.75 bits per heavy atom. The minimum atomic E-state index is -0.0494. The van der Waals surface area contributed by atoms with Crippen LogP contribution in [0.25, 0.3) is 0 Å². The lowest BCUT2D eigenvalue weighted by Crippen LogP contribution is -2.26. The van der Waals surface area contributed by atoms with Gasteiger partial charge in [0.2, 0.25) is 0 Å². The van der Waals surface area contributed by atoms with Crippen molar-refractivity contribution in [1.29, 1.82) is 0 Å². The molecule has 0 aliphatic carbocycles. The van der Waals surface area contributed by atoms with Gasteiger partial charge in [-0.2, -0.15) is 0 Å². The van der Waals surface area contributed by atoms with Crippen LogP contribution in [0.3, 0.4) is 0 Å². The number of carbonyl (C=O) groups excluding carboxylic acids is 1. The molecule has 0 unspecified atom stereocenters. The maximum Gasteiger partial charge on any atom is 0.263 e. The van der Waals surface area contributed by atoms with Crippen molar-refractivity contribution in [2.45, 2.75) is 39.7 Å². The SMILES string of the molecule is CCCc1nc(C)c(C(=O)N[C@@H](C)c2ccncc2)s1. The van der Waals surface area contributed by atoms with E-state index in [0.29, 0.717) is 4.88 Å². The molecule has 2 heterocycles. The zero-order valence-corrected chi connectivity index (χ0v) is 12.8. The molecule has 0 saturated heterocycles. The van der Waals surface area contributed by atoms with E-state index in [2.05, 4.69) is 22.2 Å². The minimum Gasteiger partial charge on any atom is -0.345 e. The number of aryl methyl sites for hydroxylation is 2. The van der Waals surface area contributed by atoms with E-state index in [1.165, 1.54) is 11.3 Å². The molecule has 1 atom stereocenters. The first-order valence-corrected chi connectivity index (χ1v) is 7.60. The van der Waals surface area contributed by atoms with E-state index in [1.807, 2.05) is 26.0 Å². The molecule has 0 aliphatic heterocycles. The molecule has 0 aromatic carbocycles. The lowest BCUT2D eigenvalue weighted by molar-refractivity contribution is 0.0943. The van der Waals surface area contributed by atoms with Crippen LogP contribution in [-0.2, 0) is 6.42 Å². The normalized spacial score (nSPS) is 12.2. The maximum atomic E-state index is 12.3. The van der Waals surface area contributed by atoms with Crippen LogP contribution < -0.4 is 5.32 Å². The van der Waals surface area contributed by atoms with Gasteiger partial charge >= 0.3 is 0 Å². The number of nitrogens with one attached hydrogen (secondary N) is 1. The van der Waals surface area contributed by atoms with Gasteiger partial charge in [0.25, 0.3) is 5.91 Å². The number of aromatic nitrogens is 2. The Kier molecular flexibility index (Phi) is 4.84. The molecule has 1 amide bonds. The fourth-order valence-corrected chi connectivity index (χ4v) is 3.05. The molecule has 2 aromatic heterocycles. The molecule has 20 heavy (non-hydrogen) atoms. The Balaban J connectivity index is 2.08. The Hall–Kier alpha value is -1.75. The van der Waals surface area contributed by atoms with Crippen LogP contribution in [0.4, 0.5) is 0 Å². The van der Waals surface area contributed by atoms with E-state index in [9.17, 15) is 4.79 Å². The highest BCUT2D eigenvalue weighted by Gasteiger charge is 2.17. The van der Waals surface area contributed by atoms with E-state index in [1.54, 1.807) is 12.4 Å². The van der Waals surface area contributed by atoms with Gasteiger partial charge in [0.05, 0.1) is 16.7 Å². The predicted octanol–water partition coefficient (Wildman–Crippen LogP) is 3.29. The highest BCUT2D eigenvalue weighted by molar-refractivity contribution is 7.13. The summed E-state index contributed by atoms with van der Waals surface area (Å²) in [5.74, 6) is -0.0494. The van der Waals surface area contributed by atoms with Crippen molar-refractivity contribution in [2.75, 3.05) is 0 Å². The quantitative estimate of drug-likeness (QED) is 0.919. The van der Waals surface area contributed by atoms with Crippen molar-refractivity contribution in [1.82, 2.24) is 15.3 Å². The van der Waals surface area contributed by atoms with E-state index in [0.717, 1.165) is 29.1 Å². The second-order valence-corrected chi connectivity index (χ2v) is 5.83. The lowest BCUT2D eigenvalue weighted by Gasteiger charge is -2.13. The van der Waals surface area contributed by atoms with Gasteiger partial charge in [-0.05, 0) is 44.4 Å². The van der Waals surface area contributed by atoms with Gasteiger partial charge in [0.15, 0.2) is 0 Å². The molecular formula is C15H19N3OS. The lowest BCUT2D eigenvalue weighted by atomic mass is 10.1. The van der Waals surface area contributed by atoms with E-state index < -0.39 is 0 Å². The number of nitrogens with zero attached hydrogens (tertiary/aromatic N) is 2.